The molecule has 1 aliphatic heterocycles. The third kappa shape index (κ3) is 5.67. The van der Waals surface area contributed by atoms with Crippen LogP contribution in [0.15, 0.2) is 53.9 Å². The summed E-state index contributed by atoms with van der Waals surface area (Å²) in [5.41, 5.74) is 1.41. The van der Waals surface area contributed by atoms with Crippen LogP contribution in [0.5, 0.6) is 0 Å². The smallest absolute Gasteiger partial charge is 0.312 e. The Balaban J connectivity index is 1.34. The maximum absolute atomic E-state index is 12.9. The zero-order valence-corrected chi connectivity index (χ0v) is 19.5. The van der Waals surface area contributed by atoms with Gasteiger partial charge in [0.2, 0.25) is 5.91 Å². The van der Waals surface area contributed by atoms with Crippen LogP contribution in [-0.2, 0) is 25.5 Å². The summed E-state index contributed by atoms with van der Waals surface area (Å²) >= 11 is 7.34. The molecule has 1 saturated heterocycles. The highest BCUT2D eigenvalue weighted by Gasteiger charge is 2.24. The fourth-order valence-electron chi connectivity index (χ4n) is 3.44. The van der Waals surface area contributed by atoms with Crippen LogP contribution >= 0.6 is 22.9 Å². The Morgan fingerprint density at radius 3 is 2.68 bits per heavy atom. The van der Waals surface area contributed by atoms with E-state index in [0.29, 0.717) is 34.4 Å². The molecular formula is C24H20ClN3O5S. The number of hydrogen-bond donors (Lipinski definition) is 1. The van der Waals surface area contributed by atoms with Crippen LogP contribution in [0.25, 0.3) is 0 Å². The SMILES string of the molecule is O=C(COC(=O)Cc1csc(N2CCCC2=O)n1)Nc1ccc(Cl)cc1C(=O)c1ccccc1. The predicted octanol–water partition coefficient (Wildman–Crippen LogP) is 3.88. The second-order valence-electron chi connectivity index (χ2n) is 7.54. The van der Waals surface area contributed by atoms with E-state index in [9.17, 15) is 19.2 Å². The van der Waals surface area contributed by atoms with Crippen molar-refractivity contribution in [2.75, 3.05) is 23.4 Å². The Kier molecular flexibility index (Phi) is 7.34. The van der Waals surface area contributed by atoms with Crippen LogP contribution < -0.4 is 10.2 Å². The number of anilines is 2. The summed E-state index contributed by atoms with van der Waals surface area (Å²) < 4.78 is 5.07. The number of aromatic nitrogens is 1. The van der Waals surface area contributed by atoms with Gasteiger partial charge in [0.25, 0.3) is 5.91 Å². The van der Waals surface area contributed by atoms with E-state index >= 15 is 0 Å². The quantitative estimate of drug-likeness (QED) is 0.374. The predicted molar refractivity (Wildman–Crippen MR) is 128 cm³/mol. The van der Waals surface area contributed by atoms with Crippen LogP contribution in [0.2, 0.25) is 5.02 Å². The van der Waals surface area contributed by atoms with Crippen molar-refractivity contribution in [2.24, 2.45) is 0 Å². The van der Waals surface area contributed by atoms with E-state index in [4.69, 9.17) is 16.3 Å². The van der Waals surface area contributed by atoms with E-state index in [0.717, 1.165) is 6.42 Å². The van der Waals surface area contributed by atoms with Gasteiger partial charge >= 0.3 is 5.97 Å². The molecule has 2 aromatic carbocycles. The minimum Gasteiger partial charge on any atom is -0.455 e. The molecule has 1 N–H and O–H groups in total. The molecule has 1 aliphatic rings. The molecule has 8 nitrogen and oxygen atoms in total. The Morgan fingerprint density at radius 1 is 1.15 bits per heavy atom. The normalized spacial score (nSPS) is 13.1. The molecule has 34 heavy (non-hydrogen) atoms. The minimum atomic E-state index is -0.628. The summed E-state index contributed by atoms with van der Waals surface area (Å²) in [5, 5.41) is 5.20. The van der Waals surface area contributed by atoms with E-state index in [-0.39, 0.29) is 29.4 Å². The summed E-state index contributed by atoms with van der Waals surface area (Å²) in [4.78, 5) is 55.2. The lowest BCUT2D eigenvalue weighted by Gasteiger charge is -2.11. The number of nitrogens with zero attached hydrogens (tertiary/aromatic N) is 2. The average Bonchev–Trinajstić information content (AvgIpc) is 3.47. The molecule has 174 valence electrons. The second-order valence-corrected chi connectivity index (χ2v) is 8.81. The molecule has 10 heteroatoms. The van der Waals surface area contributed by atoms with Crippen molar-refractivity contribution >= 4 is 57.3 Å². The van der Waals surface area contributed by atoms with Crippen molar-refractivity contribution in [3.05, 3.63) is 75.8 Å². The number of hydrogen-bond acceptors (Lipinski definition) is 7. The highest BCUT2D eigenvalue weighted by atomic mass is 35.5. The monoisotopic (exact) mass is 497 g/mol. The summed E-state index contributed by atoms with van der Waals surface area (Å²) in [6.45, 7) is 0.0951. The zero-order valence-electron chi connectivity index (χ0n) is 18.0. The number of carbonyl (C=O) groups excluding carboxylic acids is 4. The number of benzene rings is 2. The van der Waals surface area contributed by atoms with Gasteiger partial charge < -0.3 is 10.1 Å². The largest absolute Gasteiger partial charge is 0.455 e. The summed E-state index contributed by atoms with van der Waals surface area (Å²) in [5.74, 6) is -1.51. The van der Waals surface area contributed by atoms with E-state index in [2.05, 4.69) is 10.3 Å². The lowest BCUT2D eigenvalue weighted by atomic mass is 10.0. The lowest BCUT2D eigenvalue weighted by molar-refractivity contribution is -0.146. The third-order valence-electron chi connectivity index (χ3n) is 5.07. The first-order chi connectivity index (χ1) is 16.4. The lowest BCUT2D eigenvalue weighted by Crippen LogP contribution is -2.24. The minimum absolute atomic E-state index is 0.0208. The summed E-state index contributed by atoms with van der Waals surface area (Å²) in [6, 6.07) is 13.2. The van der Waals surface area contributed by atoms with Gasteiger partial charge in [0.15, 0.2) is 17.5 Å². The fourth-order valence-corrected chi connectivity index (χ4v) is 4.48. The number of rotatable bonds is 8. The summed E-state index contributed by atoms with van der Waals surface area (Å²) in [7, 11) is 0. The zero-order chi connectivity index (χ0) is 24.1. The number of carbonyl (C=O) groups is 4. The number of ketones is 1. The van der Waals surface area contributed by atoms with Crippen molar-refractivity contribution in [2.45, 2.75) is 19.3 Å². The van der Waals surface area contributed by atoms with Gasteiger partial charge in [-0.1, -0.05) is 41.9 Å². The van der Waals surface area contributed by atoms with Crippen molar-refractivity contribution in [3.8, 4) is 0 Å². The molecule has 4 rings (SSSR count). The van der Waals surface area contributed by atoms with Gasteiger partial charge in [-0.15, -0.1) is 11.3 Å². The maximum atomic E-state index is 12.9. The Labute approximate surface area is 204 Å². The van der Waals surface area contributed by atoms with Gasteiger partial charge in [-0.05, 0) is 24.6 Å². The van der Waals surface area contributed by atoms with Gasteiger partial charge in [-0.25, -0.2) is 4.98 Å². The molecule has 2 heterocycles. The Bertz CT molecular complexity index is 1240. The maximum Gasteiger partial charge on any atom is 0.312 e. The molecule has 0 saturated carbocycles. The van der Waals surface area contributed by atoms with Gasteiger partial charge in [-0.2, -0.15) is 0 Å². The standard InChI is InChI=1S/C24H20ClN3O5S/c25-16-8-9-19(18(11-16)23(32)15-5-2-1-3-6-15)27-20(29)13-33-22(31)12-17-14-34-24(26-17)28-10-4-7-21(28)30/h1-3,5-6,8-9,11,14H,4,7,10,12-13H2,(H,27,29). The molecule has 2 amide bonds. The van der Waals surface area contributed by atoms with Crippen LogP contribution in [0.4, 0.5) is 10.8 Å². The molecule has 3 aromatic rings. The summed E-state index contributed by atoms with van der Waals surface area (Å²) in [6.07, 6.45) is 1.17. The van der Waals surface area contributed by atoms with Crippen molar-refractivity contribution in [1.29, 1.82) is 0 Å². The number of thiazole rings is 1. The fraction of sp³-hybridized carbons (Fsp3) is 0.208. The Hall–Kier alpha value is -3.56. The van der Waals surface area contributed by atoms with Crippen molar-refractivity contribution in [1.82, 2.24) is 4.98 Å². The highest BCUT2D eigenvalue weighted by Crippen LogP contribution is 2.26. The van der Waals surface area contributed by atoms with Crippen LogP contribution in [0.1, 0.15) is 34.5 Å². The molecule has 0 atom stereocenters. The number of esters is 1. The molecule has 0 spiro atoms. The van der Waals surface area contributed by atoms with E-state index in [1.54, 1.807) is 46.7 Å². The molecule has 0 bridgehead atoms. The van der Waals surface area contributed by atoms with Crippen LogP contribution in [0, 0.1) is 0 Å². The molecule has 1 fully saturated rings. The molecule has 0 unspecified atom stereocenters. The molecule has 0 radical (unpaired) electrons. The first-order valence-corrected chi connectivity index (χ1v) is 11.8. The number of ether oxygens (including phenoxy) is 1. The number of amides is 2. The van der Waals surface area contributed by atoms with Crippen molar-refractivity contribution in [3.63, 3.8) is 0 Å². The van der Waals surface area contributed by atoms with E-state index in [1.807, 2.05) is 0 Å². The first kappa shape index (κ1) is 23.6. The van der Waals surface area contributed by atoms with Crippen molar-refractivity contribution < 1.29 is 23.9 Å². The third-order valence-corrected chi connectivity index (χ3v) is 6.22. The number of nitrogens with one attached hydrogen (secondary N) is 1. The molecular weight excluding hydrogens is 478 g/mol. The van der Waals surface area contributed by atoms with Gasteiger partial charge in [0, 0.05) is 34.5 Å². The Morgan fingerprint density at radius 2 is 1.94 bits per heavy atom. The van der Waals surface area contributed by atoms with Crippen LogP contribution in [-0.4, -0.2) is 41.7 Å². The van der Waals surface area contributed by atoms with Crippen LogP contribution in [0.3, 0.4) is 0 Å². The second kappa shape index (κ2) is 10.6. The molecule has 1 aromatic heterocycles. The highest BCUT2D eigenvalue weighted by molar-refractivity contribution is 7.14. The first-order valence-electron chi connectivity index (χ1n) is 10.5. The van der Waals surface area contributed by atoms with E-state index < -0.39 is 18.5 Å². The topological polar surface area (TPSA) is 106 Å². The molecule has 0 aliphatic carbocycles. The van der Waals surface area contributed by atoms with E-state index in [1.165, 1.54) is 23.5 Å². The number of halogens is 1. The van der Waals surface area contributed by atoms with Gasteiger partial charge in [0.05, 0.1) is 17.8 Å². The average molecular weight is 498 g/mol. The van der Waals surface area contributed by atoms with Gasteiger partial charge in [0.1, 0.15) is 0 Å². The van der Waals surface area contributed by atoms with Gasteiger partial charge in [-0.3, -0.25) is 24.1 Å².